The molecule has 2 aliphatic heterocycles. The van der Waals surface area contributed by atoms with Gasteiger partial charge in [-0.05, 0) is 61.7 Å². The third-order valence-electron chi connectivity index (χ3n) is 9.60. The molecular formula is C43H55N7O6. The number of aromatic nitrogens is 3. The van der Waals surface area contributed by atoms with Crippen LogP contribution in [0.15, 0.2) is 65.8 Å². The van der Waals surface area contributed by atoms with E-state index in [1.807, 2.05) is 33.8 Å². The van der Waals surface area contributed by atoms with Crippen LogP contribution in [0.2, 0.25) is 0 Å². The summed E-state index contributed by atoms with van der Waals surface area (Å²) in [5, 5.41) is 3.07. The first-order chi connectivity index (χ1) is 26.8. The Hall–Kier alpha value is -5.69. The SMILES string of the molecule is CC.CCN(CC)C(C)=O.Cn1cc(-c2cccc(N3CCc4cc(C(C)(C)C)ncc4C3=O)c2C=O)cc(Nc2ccc(C(=O)N3CCOCC3)cn2)c1=O. The van der Waals surface area contributed by atoms with Crippen molar-refractivity contribution in [1.29, 1.82) is 0 Å². The predicted octanol–water partition coefficient (Wildman–Crippen LogP) is 6.27. The number of hydrogen-bond donors (Lipinski definition) is 1. The minimum atomic E-state index is -0.298. The molecule has 4 aromatic rings. The number of nitrogens with one attached hydrogen (secondary N) is 1. The summed E-state index contributed by atoms with van der Waals surface area (Å²) in [7, 11) is 1.63. The topological polar surface area (TPSA) is 147 Å². The normalized spacial score (nSPS) is 13.7. The van der Waals surface area contributed by atoms with E-state index in [2.05, 4.69) is 36.1 Å². The largest absolute Gasteiger partial charge is 0.378 e. The van der Waals surface area contributed by atoms with E-state index in [0.29, 0.717) is 78.6 Å². The molecule has 0 bridgehead atoms. The summed E-state index contributed by atoms with van der Waals surface area (Å²) in [5.41, 5.74) is 4.67. The smallest absolute Gasteiger partial charge is 0.274 e. The number of anilines is 3. The van der Waals surface area contributed by atoms with Gasteiger partial charge in [-0.3, -0.25) is 29.0 Å². The Bertz CT molecular complexity index is 2080. The molecule has 0 aliphatic carbocycles. The Morgan fingerprint density at radius 3 is 2.21 bits per heavy atom. The van der Waals surface area contributed by atoms with Crippen molar-refractivity contribution in [3.05, 3.63) is 99.4 Å². The Kier molecular flexibility index (Phi) is 14.8. The van der Waals surface area contributed by atoms with Crippen molar-refractivity contribution in [2.45, 2.75) is 67.2 Å². The number of carbonyl (C=O) groups is 4. The molecule has 3 amide bonds. The van der Waals surface area contributed by atoms with Gasteiger partial charge in [-0.15, -0.1) is 0 Å². The van der Waals surface area contributed by atoms with Crippen LogP contribution in [0.25, 0.3) is 11.1 Å². The van der Waals surface area contributed by atoms with Gasteiger partial charge in [-0.2, -0.15) is 0 Å². The highest BCUT2D eigenvalue weighted by atomic mass is 16.5. The van der Waals surface area contributed by atoms with Gasteiger partial charge in [0.05, 0.1) is 30.0 Å². The lowest BCUT2D eigenvalue weighted by Crippen LogP contribution is -2.40. The second kappa shape index (κ2) is 19.3. The van der Waals surface area contributed by atoms with Crippen molar-refractivity contribution in [3.63, 3.8) is 0 Å². The number of fused-ring (bicyclic) bond motifs is 1. The van der Waals surface area contributed by atoms with Crippen LogP contribution in [0, 0.1) is 0 Å². The number of aldehydes is 1. The van der Waals surface area contributed by atoms with Crippen molar-refractivity contribution in [1.82, 2.24) is 24.3 Å². The molecule has 0 atom stereocenters. The molecule has 1 fully saturated rings. The number of carbonyl (C=O) groups excluding carboxylic acids is 4. The summed E-state index contributed by atoms with van der Waals surface area (Å²) in [4.78, 5) is 76.8. The average molecular weight is 766 g/mol. The van der Waals surface area contributed by atoms with Crippen molar-refractivity contribution < 1.29 is 23.9 Å². The van der Waals surface area contributed by atoms with Crippen molar-refractivity contribution in [2.75, 3.05) is 56.2 Å². The van der Waals surface area contributed by atoms with E-state index in [-0.39, 0.29) is 34.4 Å². The van der Waals surface area contributed by atoms with Crippen LogP contribution in [0.1, 0.15) is 97.7 Å². The fourth-order valence-corrected chi connectivity index (χ4v) is 6.48. The van der Waals surface area contributed by atoms with E-state index in [1.54, 1.807) is 77.5 Å². The van der Waals surface area contributed by atoms with Crippen LogP contribution in [0.4, 0.5) is 17.2 Å². The first kappa shape index (κ1) is 43.0. The molecule has 0 saturated carbocycles. The van der Waals surface area contributed by atoms with E-state index in [9.17, 15) is 24.0 Å². The van der Waals surface area contributed by atoms with Gasteiger partial charge >= 0.3 is 0 Å². The zero-order chi connectivity index (χ0) is 41.2. The Morgan fingerprint density at radius 1 is 0.946 bits per heavy atom. The Labute approximate surface area is 329 Å². The molecule has 13 heteroatoms. The molecule has 1 N–H and O–H groups in total. The molecule has 1 saturated heterocycles. The van der Waals surface area contributed by atoms with E-state index < -0.39 is 0 Å². The van der Waals surface area contributed by atoms with Gasteiger partial charge in [-0.1, -0.05) is 46.8 Å². The van der Waals surface area contributed by atoms with Crippen LogP contribution >= 0.6 is 0 Å². The van der Waals surface area contributed by atoms with Crippen LogP contribution in [-0.4, -0.2) is 94.3 Å². The number of rotatable bonds is 8. The third-order valence-corrected chi connectivity index (χ3v) is 9.60. The summed E-state index contributed by atoms with van der Waals surface area (Å²) in [5.74, 6) is 0.218. The highest BCUT2D eigenvalue weighted by Crippen LogP contribution is 2.34. The van der Waals surface area contributed by atoms with Crippen molar-refractivity contribution in [2.24, 2.45) is 7.05 Å². The Balaban J connectivity index is 0.000000621. The number of aryl methyl sites for hydroxylation is 1. The van der Waals surface area contributed by atoms with Gasteiger partial charge in [0.25, 0.3) is 17.4 Å². The number of hydrogen-bond acceptors (Lipinski definition) is 9. The minimum absolute atomic E-state index is 0.122. The molecule has 0 radical (unpaired) electrons. The van der Waals surface area contributed by atoms with Crippen molar-refractivity contribution >= 4 is 41.2 Å². The summed E-state index contributed by atoms with van der Waals surface area (Å²) in [6.07, 6.45) is 6.16. The predicted molar refractivity (Wildman–Crippen MR) is 220 cm³/mol. The van der Waals surface area contributed by atoms with E-state index in [0.717, 1.165) is 30.6 Å². The quantitative estimate of drug-likeness (QED) is 0.205. The van der Waals surface area contributed by atoms with Crippen molar-refractivity contribution in [3.8, 4) is 11.1 Å². The second-order valence-electron chi connectivity index (χ2n) is 14.3. The van der Waals surface area contributed by atoms with Crippen LogP contribution in [-0.2, 0) is 28.4 Å². The van der Waals surface area contributed by atoms with Crippen LogP contribution in [0.3, 0.4) is 0 Å². The molecule has 6 rings (SSSR count). The van der Waals surface area contributed by atoms with E-state index >= 15 is 0 Å². The highest BCUT2D eigenvalue weighted by Gasteiger charge is 2.30. The molecule has 298 valence electrons. The van der Waals surface area contributed by atoms with Gasteiger partial charge < -0.3 is 29.3 Å². The maximum absolute atomic E-state index is 13.7. The second-order valence-corrected chi connectivity index (χ2v) is 14.3. The monoisotopic (exact) mass is 765 g/mol. The molecule has 0 spiro atoms. The maximum atomic E-state index is 13.7. The maximum Gasteiger partial charge on any atom is 0.274 e. The number of morpholine rings is 1. The molecule has 0 unspecified atom stereocenters. The summed E-state index contributed by atoms with van der Waals surface area (Å²) in [6, 6.07) is 12.3. The first-order valence-electron chi connectivity index (χ1n) is 19.2. The first-order valence-corrected chi connectivity index (χ1v) is 19.2. The van der Waals surface area contributed by atoms with Gasteiger partial charge in [-0.25, -0.2) is 4.98 Å². The van der Waals surface area contributed by atoms with Gasteiger partial charge in [0.15, 0.2) is 6.29 Å². The summed E-state index contributed by atoms with van der Waals surface area (Å²) < 4.78 is 6.75. The summed E-state index contributed by atoms with van der Waals surface area (Å²) >= 11 is 0. The van der Waals surface area contributed by atoms with Gasteiger partial charge in [0.1, 0.15) is 11.5 Å². The van der Waals surface area contributed by atoms with Crippen LogP contribution in [0.5, 0.6) is 0 Å². The van der Waals surface area contributed by atoms with E-state index in [1.165, 1.54) is 10.8 Å². The molecule has 3 aromatic heterocycles. The van der Waals surface area contributed by atoms with Gasteiger partial charge in [0, 0.05) is 87.5 Å². The lowest BCUT2D eigenvalue weighted by atomic mass is 9.88. The lowest BCUT2D eigenvalue weighted by Gasteiger charge is -2.31. The summed E-state index contributed by atoms with van der Waals surface area (Å²) in [6.45, 7) is 19.9. The number of amides is 3. The molecule has 1 aromatic carbocycles. The zero-order valence-corrected chi connectivity index (χ0v) is 34.1. The zero-order valence-electron chi connectivity index (χ0n) is 34.1. The molecule has 13 nitrogen and oxygen atoms in total. The fourth-order valence-electron chi connectivity index (χ4n) is 6.48. The third kappa shape index (κ3) is 9.94. The molecule has 56 heavy (non-hydrogen) atoms. The number of benzene rings is 1. The molecule has 5 heterocycles. The Morgan fingerprint density at radius 2 is 1.64 bits per heavy atom. The standard InChI is InChI=1S/C35H36N6O5.C6H13NO.C2H6/c1-35(2,3)30-17-22-10-11-41(33(44)26(22)19-36-30)29-7-5-6-25(27(29)21-42)24-16-28(34(45)39(4)20-24)38-31-9-8-23(18-37-31)32(43)40-12-14-46-15-13-40;1-4-7(5-2)6(3)8;1-2/h5-9,16-21H,10-15H2,1-4H3,(H,37,38);4-5H2,1-3H3;1-2H3. The van der Waals surface area contributed by atoms with Gasteiger partial charge in [0.2, 0.25) is 5.91 Å². The van der Waals surface area contributed by atoms with Crippen LogP contribution < -0.4 is 15.8 Å². The van der Waals surface area contributed by atoms with E-state index in [4.69, 9.17) is 4.74 Å². The minimum Gasteiger partial charge on any atom is -0.378 e. The number of ether oxygens (including phenoxy) is 1. The highest BCUT2D eigenvalue weighted by molar-refractivity contribution is 6.11. The number of nitrogens with zero attached hydrogens (tertiary/aromatic N) is 6. The fraction of sp³-hybridized carbons (Fsp3) is 0.419. The molecular weight excluding hydrogens is 711 g/mol. The molecule has 2 aliphatic rings. The lowest BCUT2D eigenvalue weighted by molar-refractivity contribution is -0.128. The number of pyridine rings is 3. The average Bonchev–Trinajstić information content (AvgIpc) is 3.20.